The van der Waals surface area contributed by atoms with Crippen molar-refractivity contribution in [3.8, 4) is 0 Å². The van der Waals surface area contributed by atoms with Gasteiger partial charge in [0, 0.05) is 0 Å². The Bertz CT molecular complexity index is 475. The third kappa shape index (κ3) is 1.05. The summed E-state index contributed by atoms with van der Waals surface area (Å²) < 4.78 is 0. The van der Waals surface area contributed by atoms with Crippen LogP contribution in [0.3, 0.4) is 0 Å². The third-order valence-corrected chi connectivity index (χ3v) is 5.05. The van der Waals surface area contributed by atoms with Gasteiger partial charge < -0.3 is 5.11 Å². The highest BCUT2D eigenvalue weighted by molar-refractivity contribution is 6.07. The number of carboxylic acids is 1. The zero-order valence-electron chi connectivity index (χ0n) is 9.65. The third-order valence-electron chi connectivity index (χ3n) is 5.05. The summed E-state index contributed by atoms with van der Waals surface area (Å²) in [5, 5.41) is 8.79. The highest BCUT2D eigenvalue weighted by atomic mass is 16.4. The molecule has 5 rings (SSSR count). The van der Waals surface area contributed by atoms with Crippen molar-refractivity contribution in [2.24, 2.45) is 35.5 Å². The van der Waals surface area contributed by atoms with Gasteiger partial charge in [0.15, 0.2) is 0 Å². The number of hydrogen-bond donors (Lipinski definition) is 1. The van der Waals surface area contributed by atoms with Crippen LogP contribution in [-0.4, -0.2) is 34.3 Å². The number of rotatable bonds is 2. The van der Waals surface area contributed by atoms with Gasteiger partial charge in [-0.05, 0) is 30.1 Å². The van der Waals surface area contributed by atoms with E-state index < -0.39 is 12.5 Å². The maximum Gasteiger partial charge on any atom is 0.323 e. The Morgan fingerprint density at radius 3 is 2.11 bits per heavy atom. The van der Waals surface area contributed by atoms with Gasteiger partial charge >= 0.3 is 5.97 Å². The van der Waals surface area contributed by atoms with Crippen molar-refractivity contribution in [1.82, 2.24) is 4.90 Å². The van der Waals surface area contributed by atoms with E-state index in [1.165, 1.54) is 0 Å². The second-order valence-electron chi connectivity index (χ2n) is 5.81. The molecule has 94 valence electrons. The van der Waals surface area contributed by atoms with Gasteiger partial charge in [-0.15, -0.1) is 0 Å². The topological polar surface area (TPSA) is 74.7 Å². The highest BCUT2D eigenvalue weighted by Crippen LogP contribution is 2.65. The zero-order valence-corrected chi connectivity index (χ0v) is 9.65. The van der Waals surface area contributed by atoms with Crippen LogP contribution in [0.1, 0.15) is 6.42 Å². The lowest BCUT2D eigenvalue weighted by atomic mass is 9.63. The van der Waals surface area contributed by atoms with E-state index in [0.717, 1.165) is 11.3 Å². The Labute approximate surface area is 103 Å². The summed E-state index contributed by atoms with van der Waals surface area (Å²) in [4.78, 5) is 36.2. The van der Waals surface area contributed by atoms with Gasteiger partial charge in [-0.25, -0.2) is 0 Å². The van der Waals surface area contributed by atoms with Crippen LogP contribution < -0.4 is 0 Å². The molecule has 0 spiro atoms. The van der Waals surface area contributed by atoms with Crippen molar-refractivity contribution in [3.63, 3.8) is 0 Å². The van der Waals surface area contributed by atoms with E-state index >= 15 is 0 Å². The number of amides is 2. The maximum absolute atomic E-state index is 12.2. The van der Waals surface area contributed by atoms with Crippen LogP contribution in [0.15, 0.2) is 12.2 Å². The largest absolute Gasteiger partial charge is 0.480 e. The van der Waals surface area contributed by atoms with Crippen molar-refractivity contribution in [2.75, 3.05) is 6.54 Å². The first-order valence-electron chi connectivity index (χ1n) is 6.35. The second-order valence-corrected chi connectivity index (χ2v) is 5.81. The van der Waals surface area contributed by atoms with Gasteiger partial charge in [-0.2, -0.15) is 0 Å². The minimum absolute atomic E-state index is 0.167. The van der Waals surface area contributed by atoms with E-state index in [2.05, 4.69) is 12.2 Å². The highest BCUT2D eigenvalue weighted by Gasteiger charge is 2.67. The summed E-state index contributed by atoms with van der Waals surface area (Å²) >= 11 is 0. The van der Waals surface area contributed by atoms with Crippen LogP contribution in [0, 0.1) is 35.5 Å². The van der Waals surface area contributed by atoms with Crippen LogP contribution in [-0.2, 0) is 14.4 Å². The molecule has 1 N–H and O–H groups in total. The fraction of sp³-hybridized carbons (Fsp3) is 0.615. The lowest BCUT2D eigenvalue weighted by molar-refractivity contribution is -0.149. The fourth-order valence-electron chi connectivity index (χ4n) is 4.31. The summed E-state index contributed by atoms with van der Waals surface area (Å²) in [7, 11) is 0. The minimum atomic E-state index is -1.12. The molecule has 4 aliphatic carbocycles. The summed E-state index contributed by atoms with van der Waals surface area (Å²) in [6.07, 6.45) is 5.28. The van der Waals surface area contributed by atoms with Gasteiger partial charge in [0.25, 0.3) is 0 Å². The monoisotopic (exact) mass is 247 g/mol. The molecule has 6 atom stereocenters. The van der Waals surface area contributed by atoms with Crippen molar-refractivity contribution in [3.05, 3.63) is 12.2 Å². The molecule has 0 aromatic carbocycles. The summed E-state index contributed by atoms with van der Waals surface area (Å²) in [6, 6.07) is 0. The van der Waals surface area contributed by atoms with Crippen LogP contribution in [0.25, 0.3) is 0 Å². The van der Waals surface area contributed by atoms with Gasteiger partial charge in [-0.3, -0.25) is 19.3 Å². The average Bonchev–Trinajstić information content (AvgIpc) is 3.11. The number of aliphatic carboxylic acids is 1. The minimum Gasteiger partial charge on any atom is -0.480 e. The molecule has 2 amide bonds. The van der Waals surface area contributed by atoms with E-state index in [1.807, 2.05) is 0 Å². The number of nitrogens with zero attached hydrogens (tertiary/aromatic N) is 1. The Morgan fingerprint density at radius 1 is 1.17 bits per heavy atom. The Hall–Kier alpha value is -1.65. The van der Waals surface area contributed by atoms with Gasteiger partial charge in [0.2, 0.25) is 11.8 Å². The Kier molecular flexibility index (Phi) is 1.73. The van der Waals surface area contributed by atoms with Crippen LogP contribution >= 0.6 is 0 Å². The predicted octanol–water partition coefficient (Wildman–Crippen LogP) is 0.124. The molecule has 1 heterocycles. The van der Waals surface area contributed by atoms with E-state index in [9.17, 15) is 14.4 Å². The molecular formula is C13H13NO4. The fourth-order valence-corrected chi connectivity index (χ4v) is 4.31. The molecule has 2 saturated carbocycles. The molecule has 0 aromatic rings. The van der Waals surface area contributed by atoms with Crippen molar-refractivity contribution >= 4 is 17.8 Å². The number of imide groups is 1. The number of hydrogen-bond acceptors (Lipinski definition) is 3. The molecule has 5 aliphatic rings. The molecule has 2 bridgehead atoms. The smallest absolute Gasteiger partial charge is 0.323 e. The second kappa shape index (κ2) is 3.02. The van der Waals surface area contributed by atoms with Gasteiger partial charge in [0.1, 0.15) is 6.54 Å². The average molecular weight is 247 g/mol. The standard InChI is InChI=1S/C13H13NO4/c15-9(16)4-14-12(17)10-5-1-2-6(8-3-7(5)8)11(10)13(14)18/h1-2,5-8,10-11H,3-4H2,(H,15,16)/t5-,6-,7+,8+,10+,11+/m0/s1. The zero-order chi connectivity index (χ0) is 12.6. The maximum atomic E-state index is 12.2. The molecule has 0 radical (unpaired) electrons. The van der Waals surface area contributed by atoms with Crippen LogP contribution in [0.5, 0.6) is 0 Å². The molecule has 5 heteroatoms. The van der Waals surface area contributed by atoms with Crippen molar-refractivity contribution in [1.29, 1.82) is 0 Å². The lowest BCUT2D eigenvalue weighted by Crippen LogP contribution is -2.40. The number of carboxylic acid groups (broad SMARTS) is 1. The molecule has 3 fully saturated rings. The molecule has 18 heavy (non-hydrogen) atoms. The molecule has 1 saturated heterocycles. The Balaban J connectivity index is 1.72. The van der Waals surface area contributed by atoms with E-state index in [1.54, 1.807) is 0 Å². The SMILES string of the molecule is O=C(O)CN1C(=O)[C@@H]2[C@H]3C=C[C@@H]([C@H]4C[C@H]34)[C@H]2C1=O. The predicted molar refractivity (Wildman–Crippen MR) is 59.1 cm³/mol. The van der Waals surface area contributed by atoms with E-state index in [4.69, 9.17) is 5.11 Å². The number of allylic oxidation sites excluding steroid dienone is 2. The first-order chi connectivity index (χ1) is 8.59. The number of likely N-dealkylation sites (tertiary alicyclic amines) is 1. The molecule has 0 unspecified atom stereocenters. The van der Waals surface area contributed by atoms with Crippen molar-refractivity contribution in [2.45, 2.75) is 6.42 Å². The Morgan fingerprint density at radius 2 is 1.67 bits per heavy atom. The molecule has 1 aliphatic heterocycles. The van der Waals surface area contributed by atoms with Crippen LogP contribution in [0.4, 0.5) is 0 Å². The van der Waals surface area contributed by atoms with E-state index in [0.29, 0.717) is 11.8 Å². The van der Waals surface area contributed by atoms with Crippen molar-refractivity contribution < 1.29 is 19.5 Å². The number of carbonyl (C=O) groups excluding carboxylic acids is 2. The van der Waals surface area contributed by atoms with Gasteiger partial charge in [0.05, 0.1) is 11.8 Å². The first kappa shape index (κ1) is 10.3. The molecular weight excluding hydrogens is 234 g/mol. The quantitative estimate of drug-likeness (QED) is 0.555. The molecule has 0 aromatic heterocycles. The van der Waals surface area contributed by atoms with Gasteiger partial charge in [-0.1, -0.05) is 12.2 Å². The number of carbonyl (C=O) groups is 3. The normalized spacial score (nSPS) is 47.2. The summed E-state index contributed by atoms with van der Waals surface area (Å²) in [5.41, 5.74) is 0. The molecule has 5 nitrogen and oxygen atoms in total. The summed E-state index contributed by atoms with van der Waals surface area (Å²) in [5.74, 6) is -0.771. The van der Waals surface area contributed by atoms with Crippen LogP contribution in [0.2, 0.25) is 0 Å². The summed E-state index contributed by atoms with van der Waals surface area (Å²) in [6.45, 7) is -0.487. The lowest BCUT2D eigenvalue weighted by Gasteiger charge is -2.37. The first-order valence-corrected chi connectivity index (χ1v) is 6.35. The van der Waals surface area contributed by atoms with E-state index in [-0.39, 0.29) is 35.5 Å².